The highest BCUT2D eigenvalue weighted by atomic mass is 32.2. The van der Waals surface area contributed by atoms with E-state index < -0.39 is 46.1 Å². The number of amides is 2. The molecule has 1 N–H and O–H groups in total. The van der Waals surface area contributed by atoms with Gasteiger partial charge in [0.25, 0.3) is 10.0 Å². The monoisotopic (exact) mass is 573 g/mol. The molecule has 0 aliphatic carbocycles. The SMILES string of the molecule is CCCCNC(=O)[C@H](C)N(Cc1ccccc1F)C(=O)CN(c1ccc(F)cc1)S(=O)(=O)c1ccc(OC)cc1. The first-order chi connectivity index (χ1) is 19.1. The van der Waals surface area contributed by atoms with Crippen molar-refractivity contribution in [3.05, 3.63) is 90.0 Å². The zero-order valence-corrected chi connectivity index (χ0v) is 23.5. The average molecular weight is 574 g/mol. The highest BCUT2D eigenvalue weighted by molar-refractivity contribution is 7.92. The number of ether oxygens (including phenoxy) is 1. The van der Waals surface area contributed by atoms with Gasteiger partial charge < -0.3 is 15.0 Å². The van der Waals surface area contributed by atoms with Crippen molar-refractivity contribution < 1.29 is 31.5 Å². The van der Waals surface area contributed by atoms with Crippen LogP contribution in [0, 0.1) is 11.6 Å². The van der Waals surface area contributed by atoms with Crippen LogP contribution < -0.4 is 14.4 Å². The van der Waals surface area contributed by atoms with Crippen molar-refractivity contribution in [1.29, 1.82) is 0 Å². The summed E-state index contributed by atoms with van der Waals surface area (Å²) in [6, 6.07) is 15.0. The zero-order chi connectivity index (χ0) is 29.3. The molecule has 11 heteroatoms. The highest BCUT2D eigenvalue weighted by Gasteiger charge is 2.33. The van der Waals surface area contributed by atoms with Crippen LogP contribution in [-0.2, 0) is 26.2 Å². The van der Waals surface area contributed by atoms with E-state index in [0.29, 0.717) is 12.3 Å². The smallest absolute Gasteiger partial charge is 0.264 e. The lowest BCUT2D eigenvalue weighted by molar-refractivity contribution is -0.139. The van der Waals surface area contributed by atoms with E-state index in [0.717, 1.165) is 34.2 Å². The minimum atomic E-state index is -4.33. The average Bonchev–Trinajstić information content (AvgIpc) is 2.95. The van der Waals surface area contributed by atoms with Gasteiger partial charge in [0.05, 0.1) is 17.7 Å². The standard InChI is InChI=1S/C29H33F2N3O5S/c1-4-5-18-32-29(36)21(2)33(19-22-8-6-7-9-27(22)31)28(35)20-34(24-12-10-23(30)11-13-24)40(37,38)26-16-14-25(39-3)15-17-26/h6-17,21H,4-5,18-20H2,1-3H3,(H,32,36)/t21-/m0/s1. The van der Waals surface area contributed by atoms with Gasteiger partial charge in [0.2, 0.25) is 11.8 Å². The third-order valence-electron chi connectivity index (χ3n) is 6.34. The molecular weight excluding hydrogens is 540 g/mol. The molecular formula is C29H33F2N3O5S. The van der Waals surface area contributed by atoms with Crippen molar-refractivity contribution in [3.63, 3.8) is 0 Å². The molecule has 0 fully saturated rings. The first-order valence-electron chi connectivity index (χ1n) is 12.8. The Hall–Kier alpha value is -3.99. The van der Waals surface area contributed by atoms with Crippen LogP contribution >= 0.6 is 0 Å². The molecule has 0 saturated heterocycles. The minimum absolute atomic E-state index is 0.0384. The number of carbonyl (C=O) groups is 2. The topological polar surface area (TPSA) is 96.0 Å². The van der Waals surface area contributed by atoms with Gasteiger partial charge in [0.15, 0.2) is 0 Å². The second kappa shape index (κ2) is 13.9. The van der Waals surface area contributed by atoms with Crippen molar-refractivity contribution in [1.82, 2.24) is 10.2 Å². The Morgan fingerprint density at radius 1 is 0.975 bits per heavy atom. The lowest BCUT2D eigenvalue weighted by atomic mass is 10.1. The van der Waals surface area contributed by atoms with E-state index >= 15 is 0 Å². The summed E-state index contributed by atoms with van der Waals surface area (Å²) in [5, 5.41) is 2.77. The molecule has 0 saturated carbocycles. The zero-order valence-electron chi connectivity index (χ0n) is 22.6. The number of methoxy groups -OCH3 is 1. The molecule has 214 valence electrons. The van der Waals surface area contributed by atoms with Gasteiger partial charge in [0.1, 0.15) is 30.0 Å². The fraction of sp³-hybridized carbons (Fsp3) is 0.310. The van der Waals surface area contributed by atoms with Crippen LogP contribution in [0.1, 0.15) is 32.3 Å². The van der Waals surface area contributed by atoms with Gasteiger partial charge in [-0.2, -0.15) is 0 Å². The predicted molar refractivity (Wildman–Crippen MR) is 148 cm³/mol. The number of sulfonamides is 1. The summed E-state index contributed by atoms with van der Waals surface area (Å²) in [6.45, 7) is 2.88. The number of nitrogens with one attached hydrogen (secondary N) is 1. The predicted octanol–water partition coefficient (Wildman–Crippen LogP) is 4.50. The van der Waals surface area contributed by atoms with Crippen LogP contribution in [0.25, 0.3) is 0 Å². The number of benzene rings is 3. The lowest BCUT2D eigenvalue weighted by Gasteiger charge is -2.32. The van der Waals surface area contributed by atoms with E-state index in [1.807, 2.05) is 6.92 Å². The van der Waals surface area contributed by atoms with Crippen LogP contribution in [0.3, 0.4) is 0 Å². The van der Waals surface area contributed by atoms with Gasteiger partial charge in [-0.05, 0) is 67.9 Å². The number of anilines is 1. The molecule has 0 aliphatic rings. The van der Waals surface area contributed by atoms with Gasteiger partial charge in [-0.25, -0.2) is 17.2 Å². The number of hydrogen-bond acceptors (Lipinski definition) is 5. The van der Waals surface area contributed by atoms with Gasteiger partial charge in [-0.15, -0.1) is 0 Å². The normalized spacial score (nSPS) is 11.9. The molecule has 3 rings (SSSR count). The van der Waals surface area contributed by atoms with Crippen LogP contribution in [0.15, 0.2) is 77.7 Å². The Kier molecular flexibility index (Phi) is 10.6. The maximum absolute atomic E-state index is 14.6. The lowest BCUT2D eigenvalue weighted by Crippen LogP contribution is -2.51. The Balaban J connectivity index is 2.00. The molecule has 0 aliphatic heterocycles. The second-order valence-electron chi connectivity index (χ2n) is 9.10. The molecule has 0 spiro atoms. The van der Waals surface area contributed by atoms with Crippen LogP contribution in [0.5, 0.6) is 5.75 Å². The van der Waals surface area contributed by atoms with Crippen molar-refractivity contribution in [3.8, 4) is 5.75 Å². The summed E-state index contributed by atoms with van der Waals surface area (Å²) in [6.07, 6.45) is 1.58. The first-order valence-corrected chi connectivity index (χ1v) is 14.3. The molecule has 3 aromatic rings. The summed E-state index contributed by atoms with van der Waals surface area (Å²) in [4.78, 5) is 27.7. The molecule has 40 heavy (non-hydrogen) atoms. The van der Waals surface area contributed by atoms with Gasteiger partial charge >= 0.3 is 0 Å². The molecule has 3 aromatic carbocycles. The molecule has 0 unspecified atom stereocenters. The fourth-order valence-electron chi connectivity index (χ4n) is 3.94. The van der Waals surface area contributed by atoms with E-state index in [1.165, 1.54) is 68.6 Å². The Bertz CT molecular complexity index is 1400. The number of unbranched alkanes of at least 4 members (excludes halogenated alkanes) is 1. The Morgan fingerprint density at radius 3 is 2.23 bits per heavy atom. The van der Waals surface area contributed by atoms with E-state index in [4.69, 9.17) is 4.74 Å². The van der Waals surface area contributed by atoms with Crippen molar-refractivity contribution in [2.45, 2.75) is 44.2 Å². The number of nitrogens with zero attached hydrogens (tertiary/aromatic N) is 2. The minimum Gasteiger partial charge on any atom is -0.497 e. The van der Waals surface area contributed by atoms with Gasteiger partial charge in [-0.1, -0.05) is 31.5 Å². The van der Waals surface area contributed by atoms with Crippen molar-refractivity contribution >= 4 is 27.5 Å². The molecule has 0 heterocycles. The van der Waals surface area contributed by atoms with Crippen LogP contribution in [0.4, 0.5) is 14.5 Å². The number of halogens is 2. The number of rotatable bonds is 13. The molecule has 1 atom stereocenters. The van der Waals surface area contributed by atoms with Gasteiger partial charge in [-0.3, -0.25) is 13.9 Å². The van der Waals surface area contributed by atoms with E-state index in [-0.39, 0.29) is 22.7 Å². The fourth-order valence-corrected chi connectivity index (χ4v) is 5.35. The van der Waals surface area contributed by atoms with E-state index in [1.54, 1.807) is 6.07 Å². The Morgan fingerprint density at radius 2 is 1.62 bits per heavy atom. The largest absolute Gasteiger partial charge is 0.497 e. The molecule has 0 radical (unpaired) electrons. The first kappa shape index (κ1) is 30.6. The second-order valence-corrected chi connectivity index (χ2v) is 11.0. The number of carbonyl (C=O) groups excluding carboxylic acids is 2. The summed E-state index contributed by atoms with van der Waals surface area (Å²) in [5.74, 6) is -1.93. The quantitative estimate of drug-likeness (QED) is 0.304. The van der Waals surface area contributed by atoms with E-state index in [9.17, 15) is 26.8 Å². The van der Waals surface area contributed by atoms with Crippen molar-refractivity contribution in [2.75, 3.05) is 24.5 Å². The van der Waals surface area contributed by atoms with Crippen molar-refractivity contribution in [2.24, 2.45) is 0 Å². The molecule has 2 amide bonds. The number of hydrogen-bond donors (Lipinski definition) is 1. The summed E-state index contributed by atoms with van der Waals surface area (Å²) < 4.78 is 61.7. The molecule has 8 nitrogen and oxygen atoms in total. The summed E-state index contributed by atoms with van der Waals surface area (Å²) in [7, 11) is -2.89. The molecule has 0 aromatic heterocycles. The van der Waals surface area contributed by atoms with Crippen LogP contribution in [0.2, 0.25) is 0 Å². The third kappa shape index (κ3) is 7.56. The maximum atomic E-state index is 14.6. The van der Waals surface area contributed by atoms with Crippen LogP contribution in [-0.4, -0.2) is 51.4 Å². The summed E-state index contributed by atoms with van der Waals surface area (Å²) in [5.41, 5.74) is 0.201. The highest BCUT2D eigenvalue weighted by Crippen LogP contribution is 2.26. The third-order valence-corrected chi connectivity index (χ3v) is 8.12. The van der Waals surface area contributed by atoms with E-state index in [2.05, 4.69) is 5.32 Å². The van der Waals surface area contributed by atoms with Gasteiger partial charge in [0, 0.05) is 18.7 Å². The summed E-state index contributed by atoms with van der Waals surface area (Å²) >= 11 is 0. The maximum Gasteiger partial charge on any atom is 0.264 e. The molecule has 0 bridgehead atoms. The Labute approximate surface area is 233 Å².